The Balaban J connectivity index is 1.44. The first kappa shape index (κ1) is 14.9. The predicted molar refractivity (Wildman–Crippen MR) is 92.2 cm³/mol. The van der Waals surface area contributed by atoms with Gasteiger partial charge in [-0.2, -0.15) is 0 Å². The van der Waals surface area contributed by atoms with Gasteiger partial charge in [-0.25, -0.2) is 9.97 Å². The van der Waals surface area contributed by atoms with Gasteiger partial charge in [-0.3, -0.25) is 4.79 Å². The summed E-state index contributed by atoms with van der Waals surface area (Å²) in [7, 11) is 0. The maximum atomic E-state index is 12.3. The molecule has 1 fully saturated rings. The Morgan fingerprint density at radius 1 is 1.12 bits per heavy atom. The van der Waals surface area contributed by atoms with Crippen LogP contribution in [0.25, 0.3) is 10.6 Å². The fourth-order valence-corrected chi connectivity index (χ4v) is 3.42. The van der Waals surface area contributed by atoms with E-state index in [1.165, 1.54) is 6.26 Å². The fourth-order valence-electron chi connectivity index (χ4n) is 2.73. The van der Waals surface area contributed by atoms with Crippen molar-refractivity contribution >= 4 is 23.2 Å². The second kappa shape index (κ2) is 6.45. The van der Waals surface area contributed by atoms with Crippen LogP contribution in [0.2, 0.25) is 0 Å². The highest BCUT2D eigenvalue weighted by atomic mass is 32.1. The van der Waals surface area contributed by atoms with Crippen LogP contribution in [-0.2, 0) is 0 Å². The molecule has 0 spiro atoms. The first-order valence-corrected chi connectivity index (χ1v) is 8.64. The second-order valence-corrected chi connectivity index (χ2v) is 6.42. The summed E-state index contributed by atoms with van der Waals surface area (Å²) >= 11 is 1.66. The largest absolute Gasteiger partial charge is 0.459 e. The third-order valence-electron chi connectivity index (χ3n) is 4.00. The molecule has 6 nitrogen and oxygen atoms in total. The van der Waals surface area contributed by atoms with Crippen molar-refractivity contribution in [3.8, 4) is 10.6 Å². The molecule has 0 saturated carbocycles. The SMILES string of the molecule is O=C(c1ccco1)N1CCN(c2nccc(-c3cccs3)n2)CC1. The zero-order chi connectivity index (χ0) is 16.4. The zero-order valence-electron chi connectivity index (χ0n) is 13.0. The average molecular weight is 340 g/mol. The molecule has 0 aromatic carbocycles. The van der Waals surface area contributed by atoms with Crippen molar-refractivity contribution in [2.75, 3.05) is 31.1 Å². The van der Waals surface area contributed by atoms with Crippen molar-refractivity contribution in [1.29, 1.82) is 0 Å². The summed E-state index contributed by atoms with van der Waals surface area (Å²) in [6.07, 6.45) is 3.31. The molecule has 4 rings (SSSR count). The number of piperazine rings is 1. The summed E-state index contributed by atoms with van der Waals surface area (Å²) in [4.78, 5) is 26.4. The van der Waals surface area contributed by atoms with Crippen LogP contribution in [0.15, 0.2) is 52.6 Å². The highest BCUT2D eigenvalue weighted by molar-refractivity contribution is 7.13. The molecule has 0 bridgehead atoms. The minimum absolute atomic E-state index is 0.0621. The van der Waals surface area contributed by atoms with Crippen molar-refractivity contribution in [2.24, 2.45) is 0 Å². The van der Waals surface area contributed by atoms with Gasteiger partial charge in [0.15, 0.2) is 5.76 Å². The standard InChI is InChI=1S/C17H16N4O2S/c22-16(14-3-1-11-23-14)20-7-9-21(10-8-20)17-18-6-5-13(19-17)15-4-2-12-24-15/h1-6,11-12H,7-10H2. The van der Waals surface area contributed by atoms with Crippen LogP contribution in [0.1, 0.15) is 10.6 Å². The van der Waals surface area contributed by atoms with E-state index in [2.05, 4.69) is 20.9 Å². The molecule has 7 heteroatoms. The third kappa shape index (κ3) is 2.90. The predicted octanol–water partition coefficient (Wildman–Crippen LogP) is 2.76. The average Bonchev–Trinajstić information content (AvgIpc) is 3.35. The monoisotopic (exact) mass is 340 g/mol. The summed E-state index contributed by atoms with van der Waals surface area (Å²) in [5.74, 6) is 1.04. The molecule has 1 aliphatic heterocycles. The van der Waals surface area contributed by atoms with E-state index in [1.807, 2.05) is 17.5 Å². The summed E-state index contributed by atoms with van der Waals surface area (Å²) in [6.45, 7) is 2.68. The van der Waals surface area contributed by atoms with Crippen LogP contribution in [0.5, 0.6) is 0 Å². The summed E-state index contributed by atoms with van der Waals surface area (Å²) < 4.78 is 5.19. The number of nitrogens with zero attached hydrogens (tertiary/aromatic N) is 4. The number of hydrogen-bond donors (Lipinski definition) is 0. The van der Waals surface area contributed by atoms with Crippen LogP contribution in [0.4, 0.5) is 5.95 Å². The summed E-state index contributed by atoms with van der Waals surface area (Å²) in [5, 5.41) is 2.04. The van der Waals surface area contributed by atoms with Crippen LogP contribution < -0.4 is 4.90 Å². The molecular weight excluding hydrogens is 324 g/mol. The lowest BCUT2D eigenvalue weighted by molar-refractivity contribution is 0.0714. The molecular formula is C17H16N4O2S. The van der Waals surface area contributed by atoms with Gasteiger partial charge in [0, 0.05) is 32.4 Å². The number of thiophene rings is 1. The molecule has 3 aromatic heterocycles. The minimum atomic E-state index is -0.0621. The minimum Gasteiger partial charge on any atom is -0.459 e. The number of carbonyl (C=O) groups is 1. The van der Waals surface area contributed by atoms with E-state index in [4.69, 9.17) is 4.42 Å². The van der Waals surface area contributed by atoms with Crippen LogP contribution in [-0.4, -0.2) is 47.0 Å². The number of carbonyl (C=O) groups excluding carboxylic acids is 1. The van der Waals surface area contributed by atoms with Gasteiger partial charge in [0.05, 0.1) is 16.8 Å². The molecule has 24 heavy (non-hydrogen) atoms. The van der Waals surface area contributed by atoms with Gasteiger partial charge in [-0.15, -0.1) is 11.3 Å². The molecule has 0 radical (unpaired) electrons. The number of aromatic nitrogens is 2. The van der Waals surface area contributed by atoms with Gasteiger partial charge in [0.25, 0.3) is 5.91 Å². The van der Waals surface area contributed by atoms with Gasteiger partial charge in [0.2, 0.25) is 5.95 Å². The van der Waals surface area contributed by atoms with Crippen molar-refractivity contribution in [3.05, 3.63) is 53.9 Å². The molecule has 1 amide bonds. The number of rotatable bonds is 3. The lowest BCUT2D eigenvalue weighted by Crippen LogP contribution is -2.49. The van der Waals surface area contributed by atoms with E-state index in [0.717, 1.165) is 10.6 Å². The Hall–Kier alpha value is -2.67. The van der Waals surface area contributed by atoms with Crippen LogP contribution >= 0.6 is 11.3 Å². The quantitative estimate of drug-likeness (QED) is 0.734. The molecule has 122 valence electrons. The maximum absolute atomic E-state index is 12.3. The van der Waals surface area contributed by atoms with E-state index in [9.17, 15) is 4.79 Å². The number of amides is 1. The van der Waals surface area contributed by atoms with Crippen molar-refractivity contribution in [2.45, 2.75) is 0 Å². The normalized spacial score (nSPS) is 14.8. The molecule has 0 atom stereocenters. The Kier molecular flexibility index (Phi) is 4.00. The van der Waals surface area contributed by atoms with E-state index >= 15 is 0 Å². The van der Waals surface area contributed by atoms with Gasteiger partial charge in [-0.05, 0) is 29.6 Å². The molecule has 1 aliphatic rings. The third-order valence-corrected chi connectivity index (χ3v) is 4.89. The number of anilines is 1. The van der Waals surface area contributed by atoms with E-state index in [-0.39, 0.29) is 5.91 Å². The van der Waals surface area contributed by atoms with Crippen LogP contribution in [0.3, 0.4) is 0 Å². The van der Waals surface area contributed by atoms with Gasteiger partial charge >= 0.3 is 0 Å². The molecule has 1 saturated heterocycles. The lowest BCUT2D eigenvalue weighted by Gasteiger charge is -2.34. The van der Waals surface area contributed by atoms with Crippen molar-refractivity contribution < 1.29 is 9.21 Å². The summed E-state index contributed by atoms with van der Waals surface area (Å²) in [6, 6.07) is 9.42. The van der Waals surface area contributed by atoms with Crippen molar-refractivity contribution in [3.63, 3.8) is 0 Å². The Labute approximate surface area is 143 Å². The Morgan fingerprint density at radius 3 is 2.71 bits per heavy atom. The highest BCUT2D eigenvalue weighted by Crippen LogP contribution is 2.24. The molecule has 4 heterocycles. The number of hydrogen-bond acceptors (Lipinski definition) is 6. The number of furan rings is 1. The maximum Gasteiger partial charge on any atom is 0.289 e. The zero-order valence-corrected chi connectivity index (χ0v) is 13.8. The smallest absolute Gasteiger partial charge is 0.289 e. The first-order chi connectivity index (χ1) is 11.8. The molecule has 0 N–H and O–H groups in total. The van der Waals surface area contributed by atoms with Crippen LogP contribution in [0, 0.1) is 0 Å². The van der Waals surface area contributed by atoms with Crippen molar-refractivity contribution in [1.82, 2.24) is 14.9 Å². The first-order valence-electron chi connectivity index (χ1n) is 7.76. The van der Waals surface area contributed by atoms with E-state index in [1.54, 1.807) is 34.6 Å². The summed E-state index contributed by atoms with van der Waals surface area (Å²) in [5.41, 5.74) is 0.934. The molecule has 0 unspecified atom stereocenters. The van der Waals surface area contributed by atoms with Gasteiger partial charge in [0.1, 0.15) is 0 Å². The van der Waals surface area contributed by atoms with E-state index < -0.39 is 0 Å². The Bertz CT molecular complexity index is 809. The van der Waals surface area contributed by atoms with Gasteiger partial charge < -0.3 is 14.2 Å². The Morgan fingerprint density at radius 2 is 2.00 bits per heavy atom. The van der Waals surface area contributed by atoms with Gasteiger partial charge in [-0.1, -0.05) is 6.07 Å². The van der Waals surface area contributed by atoms with E-state index in [0.29, 0.717) is 37.9 Å². The molecule has 0 aliphatic carbocycles. The fraction of sp³-hybridized carbons (Fsp3) is 0.235. The second-order valence-electron chi connectivity index (χ2n) is 5.48. The topological polar surface area (TPSA) is 62.5 Å². The molecule has 3 aromatic rings. The lowest BCUT2D eigenvalue weighted by atomic mass is 10.3. The highest BCUT2D eigenvalue weighted by Gasteiger charge is 2.24.